The van der Waals surface area contributed by atoms with Crippen molar-refractivity contribution in [3.63, 3.8) is 0 Å². The summed E-state index contributed by atoms with van der Waals surface area (Å²) in [5, 5.41) is 2.12. The van der Waals surface area contributed by atoms with Gasteiger partial charge in [0, 0.05) is 29.4 Å². The molecule has 2 heterocycles. The number of nitrogens with two attached hydrogens (primary N) is 1. The van der Waals surface area contributed by atoms with E-state index < -0.39 is 0 Å². The van der Waals surface area contributed by atoms with Crippen LogP contribution in [0, 0.1) is 0 Å². The first-order valence-electron chi connectivity index (χ1n) is 5.85. The van der Waals surface area contributed by atoms with Gasteiger partial charge >= 0.3 is 0 Å². The molecule has 0 aromatic carbocycles. The number of nitrogens with zero attached hydrogens (tertiary/aromatic N) is 2. The van der Waals surface area contributed by atoms with Crippen molar-refractivity contribution in [2.75, 3.05) is 5.73 Å². The predicted octanol–water partition coefficient (Wildman–Crippen LogP) is 2.87. The molecule has 3 nitrogen and oxygen atoms in total. The number of hydrogen-bond donors (Lipinski definition) is 1. The highest BCUT2D eigenvalue weighted by Gasteiger charge is 2.19. The van der Waals surface area contributed by atoms with Crippen molar-refractivity contribution in [1.82, 2.24) is 9.97 Å². The van der Waals surface area contributed by atoms with E-state index in [1.165, 1.54) is 25.7 Å². The smallest absolute Gasteiger partial charge is 0.133 e. The van der Waals surface area contributed by atoms with Gasteiger partial charge in [-0.2, -0.15) is 0 Å². The predicted molar refractivity (Wildman–Crippen MR) is 65.2 cm³/mol. The Bertz CT molecular complexity index is 516. The lowest BCUT2D eigenvalue weighted by Crippen LogP contribution is -2.01. The maximum atomic E-state index is 5.97. The number of aromatic nitrogens is 2. The third-order valence-corrected chi connectivity index (χ3v) is 3.46. The molecule has 0 amide bonds. The number of anilines is 1. The molecule has 1 aliphatic rings. The SMILES string of the molecule is Nc1nc(C2CCCC2)cc2ccncc12. The summed E-state index contributed by atoms with van der Waals surface area (Å²) >= 11 is 0. The fourth-order valence-electron chi connectivity index (χ4n) is 2.57. The van der Waals surface area contributed by atoms with Gasteiger partial charge in [-0.1, -0.05) is 12.8 Å². The van der Waals surface area contributed by atoms with Crippen LogP contribution in [0.5, 0.6) is 0 Å². The lowest BCUT2D eigenvalue weighted by atomic mass is 10.0. The maximum absolute atomic E-state index is 5.97. The zero-order chi connectivity index (χ0) is 11.0. The maximum Gasteiger partial charge on any atom is 0.133 e. The molecule has 1 fully saturated rings. The Morgan fingerprint density at radius 1 is 1.25 bits per heavy atom. The minimum absolute atomic E-state index is 0.611. The molecule has 3 rings (SSSR count). The van der Waals surface area contributed by atoms with Crippen LogP contribution < -0.4 is 5.73 Å². The molecule has 0 saturated heterocycles. The van der Waals surface area contributed by atoms with Gasteiger partial charge < -0.3 is 5.73 Å². The quantitative estimate of drug-likeness (QED) is 0.792. The molecule has 3 heteroatoms. The van der Waals surface area contributed by atoms with Crippen LogP contribution in [0.3, 0.4) is 0 Å². The van der Waals surface area contributed by atoms with Crippen molar-refractivity contribution in [2.45, 2.75) is 31.6 Å². The zero-order valence-corrected chi connectivity index (χ0v) is 9.19. The van der Waals surface area contributed by atoms with E-state index in [9.17, 15) is 0 Å². The largest absolute Gasteiger partial charge is 0.383 e. The minimum Gasteiger partial charge on any atom is -0.383 e. The van der Waals surface area contributed by atoms with E-state index in [0.29, 0.717) is 11.7 Å². The van der Waals surface area contributed by atoms with Crippen LogP contribution >= 0.6 is 0 Å². The van der Waals surface area contributed by atoms with Gasteiger partial charge in [0.05, 0.1) is 0 Å². The standard InChI is InChI=1S/C13H15N3/c14-13-11-8-15-6-5-10(11)7-12(16-13)9-3-1-2-4-9/h5-9H,1-4H2,(H2,14,16). The molecule has 0 bridgehead atoms. The fourth-order valence-corrected chi connectivity index (χ4v) is 2.57. The molecule has 1 saturated carbocycles. The third kappa shape index (κ3) is 1.52. The van der Waals surface area contributed by atoms with Gasteiger partial charge in [0.2, 0.25) is 0 Å². The van der Waals surface area contributed by atoms with E-state index in [2.05, 4.69) is 16.0 Å². The Balaban J connectivity index is 2.13. The lowest BCUT2D eigenvalue weighted by molar-refractivity contribution is 0.700. The van der Waals surface area contributed by atoms with E-state index in [-0.39, 0.29) is 0 Å². The number of pyridine rings is 2. The van der Waals surface area contributed by atoms with Crippen molar-refractivity contribution >= 4 is 16.6 Å². The number of hydrogen-bond acceptors (Lipinski definition) is 3. The van der Waals surface area contributed by atoms with E-state index in [1.54, 1.807) is 12.4 Å². The van der Waals surface area contributed by atoms with Crippen LogP contribution in [0.1, 0.15) is 37.3 Å². The van der Waals surface area contributed by atoms with Crippen molar-refractivity contribution in [3.05, 3.63) is 30.2 Å². The second kappa shape index (κ2) is 3.74. The molecule has 16 heavy (non-hydrogen) atoms. The molecule has 0 radical (unpaired) electrons. The second-order valence-electron chi connectivity index (χ2n) is 4.51. The van der Waals surface area contributed by atoms with Crippen LogP contribution in [0.25, 0.3) is 10.8 Å². The summed E-state index contributed by atoms with van der Waals surface area (Å²) in [6.07, 6.45) is 8.74. The molecule has 0 unspecified atom stereocenters. The molecule has 0 spiro atoms. The first-order valence-corrected chi connectivity index (χ1v) is 5.85. The van der Waals surface area contributed by atoms with Gasteiger partial charge in [-0.15, -0.1) is 0 Å². The third-order valence-electron chi connectivity index (χ3n) is 3.46. The van der Waals surface area contributed by atoms with Gasteiger partial charge in [0.1, 0.15) is 5.82 Å². The van der Waals surface area contributed by atoms with Crippen LogP contribution in [0.15, 0.2) is 24.5 Å². The van der Waals surface area contributed by atoms with E-state index >= 15 is 0 Å². The van der Waals surface area contributed by atoms with E-state index in [1.807, 2.05) is 6.07 Å². The molecule has 1 aliphatic carbocycles. The first kappa shape index (κ1) is 9.58. The lowest BCUT2D eigenvalue weighted by Gasteiger charge is -2.10. The highest BCUT2D eigenvalue weighted by atomic mass is 14.9. The van der Waals surface area contributed by atoms with Crippen LogP contribution in [-0.4, -0.2) is 9.97 Å². The highest BCUT2D eigenvalue weighted by Crippen LogP contribution is 2.34. The average molecular weight is 213 g/mol. The molecule has 2 N–H and O–H groups in total. The normalized spacial score (nSPS) is 17.0. The summed E-state index contributed by atoms with van der Waals surface area (Å²) in [6, 6.07) is 4.18. The Morgan fingerprint density at radius 3 is 2.88 bits per heavy atom. The van der Waals surface area contributed by atoms with E-state index in [4.69, 9.17) is 5.73 Å². The Morgan fingerprint density at radius 2 is 2.06 bits per heavy atom. The monoisotopic (exact) mass is 213 g/mol. The molecule has 2 aromatic heterocycles. The highest BCUT2D eigenvalue weighted by molar-refractivity contribution is 5.90. The van der Waals surface area contributed by atoms with Crippen LogP contribution in [0.4, 0.5) is 5.82 Å². The number of rotatable bonds is 1. The summed E-state index contributed by atoms with van der Waals surface area (Å²) in [6.45, 7) is 0. The number of fused-ring (bicyclic) bond motifs is 1. The van der Waals surface area contributed by atoms with Crippen LogP contribution in [0.2, 0.25) is 0 Å². The molecule has 0 aliphatic heterocycles. The van der Waals surface area contributed by atoms with Gasteiger partial charge in [0.15, 0.2) is 0 Å². The van der Waals surface area contributed by atoms with Crippen molar-refractivity contribution in [3.8, 4) is 0 Å². The van der Waals surface area contributed by atoms with Gasteiger partial charge in [-0.05, 0) is 30.4 Å². The van der Waals surface area contributed by atoms with Gasteiger partial charge in [-0.25, -0.2) is 4.98 Å². The van der Waals surface area contributed by atoms with Crippen molar-refractivity contribution in [1.29, 1.82) is 0 Å². The molecule has 0 atom stereocenters. The summed E-state index contributed by atoms with van der Waals surface area (Å²) in [5.41, 5.74) is 7.13. The Kier molecular flexibility index (Phi) is 2.24. The second-order valence-corrected chi connectivity index (χ2v) is 4.51. The van der Waals surface area contributed by atoms with Gasteiger partial charge in [-0.3, -0.25) is 4.98 Å². The number of nitrogen functional groups attached to an aromatic ring is 1. The van der Waals surface area contributed by atoms with Crippen LogP contribution in [-0.2, 0) is 0 Å². The average Bonchev–Trinajstić information content (AvgIpc) is 2.82. The van der Waals surface area contributed by atoms with Crippen molar-refractivity contribution in [2.24, 2.45) is 0 Å². The van der Waals surface area contributed by atoms with E-state index in [0.717, 1.165) is 16.5 Å². The molecular formula is C13H15N3. The Labute approximate surface area is 94.7 Å². The molecule has 82 valence electrons. The topological polar surface area (TPSA) is 51.8 Å². The summed E-state index contributed by atoms with van der Waals surface area (Å²) in [5.74, 6) is 1.23. The summed E-state index contributed by atoms with van der Waals surface area (Å²) < 4.78 is 0. The fraction of sp³-hybridized carbons (Fsp3) is 0.385. The minimum atomic E-state index is 0.611. The molecular weight excluding hydrogens is 198 g/mol. The summed E-state index contributed by atoms with van der Waals surface area (Å²) in [7, 11) is 0. The molecule has 2 aromatic rings. The first-order chi connectivity index (χ1) is 7.84. The zero-order valence-electron chi connectivity index (χ0n) is 9.19. The summed E-state index contributed by atoms with van der Waals surface area (Å²) in [4.78, 5) is 8.60. The van der Waals surface area contributed by atoms with Crippen molar-refractivity contribution < 1.29 is 0 Å². The van der Waals surface area contributed by atoms with Gasteiger partial charge in [0.25, 0.3) is 0 Å². The Hall–Kier alpha value is -1.64.